The van der Waals surface area contributed by atoms with E-state index in [0.29, 0.717) is 11.8 Å². The lowest BCUT2D eigenvalue weighted by Gasteiger charge is -1.99. The molecule has 0 aliphatic carbocycles. The molecule has 0 spiro atoms. The topological polar surface area (TPSA) is 70.0 Å². The third-order valence-electron chi connectivity index (χ3n) is 3.36. The molecule has 0 aliphatic rings. The molecule has 0 atom stereocenters. The third-order valence-corrected chi connectivity index (χ3v) is 5.49. The van der Waals surface area contributed by atoms with Crippen LogP contribution in [0.1, 0.15) is 0 Å². The van der Waals surface area contributed by atoms with Crippen LogP contribution in [0.15, 0.2) is 36.7 Å². The van der Waals surface area contributed by atoms with Gasteiger partial charge in [-0.2, -0.15) is 0 Å². The second kappa shape index (κ2) is 6.14. The van der Waals surface area contributed by atoms with E-state index >= 15 is 0 Å². The highest BCUT2D eigenvalue weighted by molar-refractivity contribution is 7.29. The summed E-state index contributed by atoms with van der Waals surface area (Å²) in [5, 5.41) is 1.80. The van der Waals surface area contributed by atoms with Gasteiger partial charge < -0.3 is 9.47 Å². The summed E-state index contributed by atoms with van der Waals surface area (Å²) in [4.78, 5) is 19.6. The van der Waals surface area contributed by atoms with Crippen LogP contribution in [0.25, 0.3) is 30.8 Å². The molecule has 0 aromatic carbocycles. The van der Waals surface area contributed by atoms with E-state index in [1.807, 2.05) is 24.3 Å². The number of hydrogen-bond donors (Lipinski definition) is 0. The van der Waals surface area contributed by atoms with Crippen molar-refractivity contribution in [2.24, 2.45) is 0 Å². The van der Waals surface area contributed by atoms with Crippen LogP contribution in [0.2, 0.25) is 0 Å². The van der Waals surface area contributed by atoms with Gasteiger partial charge in [0.1, 0.15) is 10.0 Å². The number of aromatic nitrogens is 4. The van der Waals surface area contributed by atoms with Gasteiger partial charge in [-0.3, -0.25) is 0 Å². The number of rotatable bonds is 4. The molecule has 4 rings (SSSR count). The molecule has 0 aliphatic heterocycles. The maximum atomic E-state index is 5.08. The van der Waals surface area contributed by atoms with Crippen LogP contribution in [0.4, 0.5) is 0 Å². The molecule has 8 heteroatoms. The molecule has 0 saturated heterocycles. The third kappa shape index (κ3) is 2.70. The summed E-state index contributed by atoms with van der Waals surface area (Å²) < 4.78 is 10.2. The zero-order chi connectivity index (χ0) is 16.5. The van der Waals surface area contributed by atoms with Gasteiger partial charge in [0.2, 0.25) is 11.8 Å². The van der Waals surface area contributed by atoms with Crippen molar-refractivity contribution in [3.8, 4) is 32.9 Å². The van der Waals surface area contributed by atoms with Crippen molar-refractivity contribution >= 4 is 32.3 Å². The molecule has 4 aromatic heterocycles. The molecule has 0 fully saturated rings. The number of hydrogen-bond acceptors (Lipinski definition) is 8. The molecule has 0 radical (unpaired) electrons. The number of nitrogens with zero attached hydrogens (tertiary/aromatic N) is 4. The van der Waals surface area contributed by atoms with Gasteiger partial charge >= 0.3 is 0 Å². The van der Waals surface area contributed by atoms with Gasteiger partial charge in [0, 0.05) is 35.7 Å². The normalized spacial score (nSPS) is 10.9. The summed E-state index contributed by atoms with van der Waals surface area (Å²) in [5.41, 5.74) is 1.91. The van der Waals surface area contributed by atoms with Crippen molar-refractivity contribution in [2.75, 3.05) is 14.2 Å². The van der Waals surface area contributed by atoms with Gasteiger partial charge in [0.15, 0.2) is 9.66 Å². The maximum Gasteiger partial charge on any atom is 0.212 e. The Balaban J connectivity index is 1.66. The second-order valence-corrected chi connectivity index (χ2v) is 6.78. The van der Waals surface area contributed by atoms with Gasteiger partial charge in [-0.1, -0.05) is 22.7 Å². The fraction of sp³-hybridized carbons (Fsp3) is 0.125. The first-order valence-electron chi connectivity index (χ1n) is 7.05. The van der Waals surface area contributed by atoms with E-state index in [1.54, 1.807) is 49.3 Å². The minimum atomic E-state index is 0.588. The van der Waals surface area contributed by atoms with E-state index in [4.69, 9.17) is 9.47 Å². The van der Waals surface area contributed by atoms with Crippen LogP contribution < -0.4 is 9.47 Å². The molecule has 4 heterocycles. The van der Waals surface area contributed by atoms with E-state index in [2.05, 4.69) is 19.9 Å². The largest absolute Gasteiger partial charge is 0.481 e. The van der Waals surface area contributed by atoms with Gasteiger partial charge in [-0.05, 0) is 12.1 Å². The van der Waals surface area contributed by atoms with Crippen LogP contribution in [0.5, 0.6) is 11.8 Å². The predicted octanol–water partition coefficient (Wildman–Crippen LogP) is 3.89. The van der Waals surface area contributed by atoms with Crippen molar-refractivity contribution in [3.63, 3.8) is 0 Å². The van der Waals surface area contributed by atoms with E-state index in [9.17, 15) is 0 Å². The molecule has 6 nitrogen and oxygen atoms in total. The quantitative estimate of drug-likeness (QED) is 0.552. The van der Waals surface area contributed by atoms with Crippen LogP contribution in [-0.4, -0.2) is 34.2 Å². The number of methoxy groups -OCH3 is 2. The summed E-state index contributed by atoms with van der Waals surface area (Å²) in [6.07, 6.45) is 3.52. The van der Waals surface area contributed by atoms with Gasteiger partial charge in [-0.25, -0.2) is 19.9 Å². The molecule has 120 valence electrons. The minimum Gasteiger partial charge on any atom is -0.481 e. The summed E-state index contributed by atoms with van der Waals surface area (Å²) in [6.45, 7) is 0. The Morgan fingerprint density at radius 2 is 1.17 bits per heavy atom. The highest BCUT2D eigenvalue weighted by Gasteiger charge is 2.13. The van der Waals surface area contributed by atoms with E-state index < -0.39 is 0 Å². The summed E-state index contributed by atoms with van der Waals surface area (Å²) in [7, 11) is 3.20. The molecular weight excluding hydrogens is 344 g/mol. The average Bonchev–Trinajstić information content (AvgIpc) is 3.21. The van der Waals surface area contributed by atoms with Crippen LogP contribution >= 0.6 is 22.7 Å². The predicted molar refractivity (Wildman–Crippen MR) is 94.9 cm³/mol. The Bertz CT molecular complexity index is 869. The van der Waals surface area contributed by atoms with E-state index in [-0.39, 0.29) is 0 Å². The highest BCUT2D eigenvalue weighted by atomic mass is 32.1. The number of thiazole rings is 2. The van der Waals surface area contributed by atoms with E-state index in [1.165, 1.54) is 0 Å². The number of fused-ring (bicyclic) bond motifs is 1. The van der Waals surface area contributed by atoms with Crippen LogP contribution in [0.3, 0.4) is 0 Å². The maximum absolute atomic E-state index is 5.08. The Morgan fingerprint density at radius 1 is 0.708 bits per heavy atom. The lowest BCUT2D eigenvalue weighted by molar-refractivity contribution is 0.398. The standard InChI is InChI=1S/C16H12N4O2S2/c1-21-11-5-3-9(7-17-11)13-19-15-16(23-13)20-14(24-15)10-4-6-12(22-2)18-8-10/h3-8H,1-2H3. The first-order chi connectivity index (χ1) is 11.8. The smallest absolute Gasteiger partial charge is 0.212 e. The first kappa shape index (κ1) is 15.0. The number of pyridine rings is 2. The molecule has 24 heavy (non-hydrogen) atoms. The molecule has 0 N–H and O–H groups in total. The zero-order valence-corrected chi connectivity index (χ0v) is 14.5. The van der Waals surface area contributed by atoms with Crippen molar-refractivity contribution in [1.29, 1.82) is 0 Å². The Hall–Kier alpha value is -2.58. The minimum absolute atomic E-state index is 0.588. The Morgan fingerprint density at radius 3 is 1.50 bits per heavy atom. The lowest BCUT2D eigenvalue weighted by Crippen LogP contribution is -1.87. The van der Waals surface area contributed by atoms with Crippen molar-refractivity contribution in [1.82, 2.24) is 19.9 Å². The van der Waals surface area contributed by atoms with Gasteiger partial charge in [0.05, 0.1) is 14.2 Å². The second-order valence-electron chi connectivity index (χ2n) is 4.83. The first-order valence-corrected chi connectivity index (χ1v) is 8.68. The fourth-order valence-corrected chi connectivity index (χ4v) is 4.17. The zero-order valence-electron chi connectivity index (χ0n) is 12.9. The lowest BCUT2D eigenvalue weighted by atomic mass is 10.3. The number of ether oxygens (including phenoxy) is 2. The molecule has 4 aromatic rings. The summed E-state index contributed by atoms with van der Waals surface area (Å²) in [5.74, 6) is 1.18. The Kier molecular flexibility index (Phi) is 3.83. The van der Waals surface area contributed by atoms with Gasteiger partial charge in [-0.15, -0.1) is 0 Å². The molecule has 0 bridgehead atoms. The molecule has 0 amide bonds. The monoisotopic (exact) mass is 356 g/mol. The summed E-state index contributed by atoms with van der Waals surface area (Å²) >= 11 is 3.10. The van der Waals surface area contributed by atoms with Crippen LogP contribution in [0, 0.1) is 0 Å². The molecular formula is C16H12N4O2S2. The van der Waals surface area contributed by atoms with Gasteiger partial charge in [0.25, 0.3) is 0 Å². The highest BCUT2D eigenvalue weighted by Crippen LogP contribution is 2.36. The SMILES string of the molecule is COc1ccc(-c2nc3sc(-c4ccc(OC)nc4)nc3s2)cn1. The Labute approximate surface area is 145 Å². The van der Waals surface area contributed by atoms with Crippen molar-refractivity contribution in [3.05, 3.63) is 36.7 Å². The molecule has 0 saturated carbocycles. The van der Waals surface area contributed by atoms with Crippen molar-refractivity contribution in [2.45, 2.75) is 0 Å². The summed E-state index contributed by atoms with van der Waals surface area (Å²) in [6, 6.07) is 7.55. The van der Waals surface area contributed by atoms with E-state index in [0.717, 1.165) is 30.8 Å². The van der Waals surface area contributed by atoms with Crippen molar-refractivity contribution < 1.29 is 9.47 Å². The average molecular weight is 356 g/mol. The fourth-order valence-electron chi connectivity index (χ4n) is 2.14. The van der Waals surface area contributed by atoms with Crippen LogP contribution in [-0.2, 0) is 0 Å². The molecule has 0 unspecified atom stereocenters.